The van der Waals surface area contributed by atoms with Crippen molar-refractivity contribution in [3.63, 3.8) is 0 Å². The molecule has 1 saturated heterocycles. The largest absolute Gasteiger partial charge is 0.494 e. The first-order valence-corrected chi connectivity index (χ1v) is 9.21. The molecule has 1 aliphatic heterocycles. The second-order valence-corrected chi connectivity index (χ2v) is 6.36. The summed E-state index contributed by atoms with van der Waals surface area (Å²) in [5, 5.41) is 0. The molecule has 1 aliphatic rings. The molecule has 1 atom stereocenters. The van der Waals surface area contributed by atoms with Crippen LogP contribution in [0.2, 0.25) is 0 Å². The van der Waals surface area contributed by atoms with Gasteiger partial charge in [-0.05, 0) is 37.5 Å². The van der Waals surface area contributed by atoms with Crippen LogP contribution in [0.5, 0.6) is 17.6 Å². The fraction of sp³-hybridized carbons (Fsp3) is 0.450. The second-order valence-electron chi connectivity index (χ2n) is 6.36. The van der Waals surface area contributed by atoms with E-state index in [-0.39, 0.29) is 18.0 Å². The Morgan fingerprint density at radius 1 is 1.26 bits per heavy atom. The van der Waals surface area contributed by atoms with E-state index < -0.39 is 0 Å². The van der Waals surface area contributed by atoms with Gasteiger partial charge < -0.3 is 19.1 Å². The predicted octanol–water partition coefficient (Wildman–Crippen LogP) is 2.50. The van der Waals surface area contributed by atoms with Crippen molar-refractivity contribution < 1.29 is 19.0 Å². The van der Waals surface area contributed by atoms with Crippen molar-refractivity contribution in [3.8, 4) is 17.6 Å². The summed E-state index contributed by atoms with van der Waals surface area (Å²) in [6, 6.07) is 9.64. The molecule has 0 radical (unpaired) electrons. The van der Waals surface area contributed by atoms with Crippen LogP contribution in [0.4, 0.5) is 0 Å². The summed E-state index contributed by atoms with van der Waals surface area (Å²) in [6.07, 6.45) is 3.68. The Hall–Kier alpha value is -2.83. The molecule has 1 aromatic carbocycles. The van der Waals surface area contributed by atoms with Crippen LogP contribution in [0.3, 0.4) is 0 Å². The highest BCUT2D eigenvalue weighted by molar-refractivity contribution is 5.79. The topological polar surface area (TPSA) is 73.8 Å². The van der Waals surface area contributed by atoms with Crippen LogP contribution >= 0.6 is 0 Å². The Balaban J connectivity index is 1.55. The molecule has 144 valence electrons. The Bertz CT molecular complexity index is 751. The third kappa shape index (κ3) is 5.32. The van der Waals surface area contributed by atoms with Gasteiger partial charge in [-0.25, -0.2) is 4.98 Å². The van der Waals surface area contributed by atoms with Crippen LogP contribution in [0.15, 0.2) is 36.5 Å². The second kappa shape index (κ2) is 9.21. The highest BCUT2D eigenvalue weighted by Crippen LogP contribution is 2.19. The third-order valence-electron chi connectivity index (χ3n) is 4.40. The van der Waals surface area contributed by atoms with Crippen LogP contribution in [0, 0.1) is 0 Å². The molecule has 1 aromatic heterocycles. The summed E-state index contributed by atoms with van der Waals surface area (Å²) in [4.78, 5) is 22.7. The molecular weight excluding hydrogens is 346 g/mol. The van der Waals surface area contributed by atoms with Gasteiger partial charge in [0, 0.05) is 18.8 Å². The molecule has 0 spiro atoms. The van der Waals surface area contributed by atoms with Gasteiger partial charge in [0.1, 0.15) is 11.9 Å². The Morgan fingerprint density at radius 3 is 2.81 bits per heavy atom. The fourth-order valence-electron chi connectivity index (χ4n) is 3.08. The van der Waals surface area contributed by atoms with E-state index in [1.54, 1.807) is 12.3 Å². The summed E-state index contributed by atoms with van der Waals surface area (Å²) in [5.41, 5.74) is 0.979. The summed E-state index contributed by atoms with van der Waals surface area (Å²) in [6.45, 7) is 3.89. The monoisotopic (exact) mass is 371 g/mol. The maximum atomic E-state index is 12.7. The number of rotatable bonds is 7. The Kier molecular flexibility index (Phi) is 6.46. The predicted molar refractivity (Wildman–Crippen MR) is 100 cm³/mol. The zero-order valence-corrected chi connectivity index (χ0v) is 15.8. The number of nitrogens with zero attached hydrogens (tertiary/aromatic N) is 3. The lowest BCUT2D eigenvalue weighted by atomic mass is 10.1. The maximum absolute atomic E-state index is 12.7. The van der Waals surface area contributed by atoms with E-state index in [1.807, 2.05) is 36.1 Å². The summed E-state index contributed by atoms with van der Waals surface area (Å²) >= 11 is 0. The lowest BCUT2D eigenvalue weighted by Gasteiger charge is -2.32. The number of hydrogen-bond acceptors (Lipinski definition) is 6. The average Bonchev–Trinajstić information content (AvgIpc) is 2.70. The van der Waals surface area contributed by atoms with Gasteiger partial charge >= 0.3 is 6.01 Å². The Morgan fingerprint density at radius 2 is 2.07 bits per heavy atom. The fourth-order valence-corrected chi connectivity index (χ4v) is 3.08. The summed E-state index contributed by atoms with van der Waals surface area (Å²) in [5.74, 6) is 1.39. The van der Waals surface area contributed by atoms with Gasteiger partial charge in [-0.1, -0.05) is 12.1 Å². The van der Waals surface area contributed by atoms with E-state index in [4.69, 9.17) is 14.2 Å². The molecule has 0 bridgehead atoms. The van der Waals surface area contributed by atoms with Crippen molar-refractivity contribution in [1.29, 1.82) is 0 Å². The molecule has 7 nitrogen and oxygen atoms in total. The van der Waals surface area contributed by atoms with Crippen molar-refractivity contribution in [2.75, 3.05) is 26.8 Å². The van der Waals surface area contributed by atoms with Crippen molar-refractivity contribution in [1.82, 2.24) is 14.9 Å². The molecule has 7 heteroatoms. The molecule has 2 aromatic rings. The number of carbonyl (C=O) groups excluding carboxylic acids is 1. The van der Waals surface area contributed by atoms with Crippen LogP contribution in [-0.4, -0.2) is 53.7 Å². The molecule has 27 heavy (non-hydrogen) atoms. The molecule has 2 heterocycles. The number of amides is 1. The zero-order chi connectivity index (χ0) is 19.1. The Labute approximate surface area is 159 Å². The van der Waals surface area contributed by atoms with Crippen LogP contribution in [0.25, 0.3) is 0 Å². The molecule has 3 rings (SSSR count). The molecule has 1 unspecified atom stereocenters. The lowest BCUT2D eigenvalue weighted by Crippen LogP contribution is -2.45. The maximum Gasteiger partial charge on any atom is 0.319 e. The van der Waals surface area contributed by atoms with E-state index in [1.165, 1.54) is 7.11 Å². The van der Waals surface area contributed by atoms with Crippen molar-refractivity contribution >= 4 is 5.91 Å². The summed E-state index contributed by atoms with van der Waals surface area (Å²) in [7, 11) is 1.51. The number of carbonyl (C=O) groups is 1. The van der Waals surface area contributed by atoms with Gasteiger partial charge in [-0.3, -0.25) is 4.79 Å². The van der Waals surface area contributed by atoms with Crippen molar-refractivity contribution in [3.05, 3.63) is 42.1 Å². The third-order valence-corrected chi connectivity index (χ3v) is 4.40. The van der Waals surface area contributed by atoms with E-state index in [0.29, 0.717) is 25.5 Å². The van der Waals surface area contributed by atoms with Crippen LogP contribution in [0.1, 0.15) is 25.3 Å². The minimum Gasteiger partial charge on any atom is -0.494 e. The smallest absolute Gasteiger partial charge is 0.319 e. The minimum atomic E-state index is -0.0809. The number of methoxy groups -OCH3 is 1. The van der Waals surface area contributed by atoms with Crippen molar-refractivity contribution in [2.45, 2.75) is 32.3 Å². The normalized spacial score (nSPS) is 16.7. The summed E-state index contributed by atoms with van der Waals surface area (Å²) < 4.78 is 16.4. The SMILES string of the molecule is CCOc1ccc(CC(=O)N2CCCC(Oc3ccnc(OC)n3)C2)cc1. The lowest BCUT2D eigenvalue weighted by molar-refractivity contribution is -0.133. The molecule has 1 amide bonds. The number of hydrogen-bond donors (Lipinski definition) is 0. The average molecular weight is 371 g/mol. The van der Waals surface area contributed by atoms with Gasteiger partial charge in [-0.2, -0.15) is 4.98 Å². The molecule has 1 fully saturated rings. The first-order chi connectivity index (χ1) is 13.2. The van der Waals surface area contributed by atoms with Gasteiger partial charge in [0.15, 0.2) is 0 Å². The highest BCUT2D eigenvalue weighted by atomic mass is 16.5. The number of aromatic nitrogens is 2. The van der Waals surface area contributed by atoms with E-state index >= 15 is 0 Å². The van der Waals surface area contributed by atoms with E-state index in [2.05, 4.69) is 9.97 Å². The zero-order valence-electron chi connectivity index (χ0n) is 15.8. The molecule has 0 N–H and O–H groups in total. The highest BCUT2D eigenvalue weighted by Gasteiger charge is 2.25. The number of likely N-dealkylation sites (tertiary alicyclic amines) is 1. The standard InChI is InChI=1S/C20H25N3O4/c1-3-26-16-8-6-15(7-9-16)13-19(24)23-12-4-5-17(14-23)27-18-10-11-21-20(22-18)25-2/h6-11,17H,3-5,12-14H2,1-2H3. The number of piperidine rings is 1. The first-order valence-electron chi connectivity index (χ1n) is 9.21. The molecule has 0 saturated carbocycles. The van der Waals surface area contributed by atoms with Gasteiger partial charge in [0.2, 0.25) is 11.8 Å². The first kappa shape index (κ1) is 18.9. The quantitative estimate of drug-likeness (QED) is 0.745. The van der Waals surface area contributed by atoms with Gasteiger partial charge in [0.25, 0.3) is 0 Å². The minimum absolute atomic E-state index is 0.0809. The number of ether oxygens (including phenoxy) is 3. The van der Waals surface area contributed by atoms with Crippen LogP contribution in [-0.2, 0) is 11.2 Å². The molecular formula is C20H25N3O4. The molecule has 0 aliphatic carbocycles. The van der Waals surface area contributed by atoms with Gasteiger partial charge in [0.05, 0.1) is 26.7 Å². The van der Waals surface area contributed by atoms with Gasteiger partial charge in [-0.15, -0.1) is 0 Å². The van der Waals surface area contributed by atoms with E-state index in [0.717, 1.165) is 30.7 Å². The van der Waals surface area contributed by atoms with Crippen molar-refractivity contribution in [2.24, 2.45) is 0 Å². The number of benzene rings is 1. The van der Waals surface area contributed by atoms with E-state index in [9.17, 15) is 4.79 Å². The van der Waals surface area contributed by atoms with Crippen LogP contribution < -0.4 is 14.2 Å².